The molecule has 0 N–H and O–H groups in total. The first-order valence-electron chi connectivity index (χ1n) is 8.05. The molecule has 0 unspecified atom stereocenters. The molecule has 0 spiro atoms. The van der Waals surface area contributed by atoms with Crippen molar-refractivity contribution in [3.63, 3.8) is 0 Å². The van der Waals surface area contributed by atoms with E-state index < -0.39 is 0 Å². The molecule has 4 nitrogen and oxygen atoms in total. The minimum absolute atomic E-state index is 0.0709. The summed E-state index contributed by atoms with van der Waals surface area (Å²) in [5.74, 6) is -0.172. The number of esters is 1. The van der Waals surface area contributed by atoms with Crippen LogP contribution in [0.15, 0.2) is 24.3 Å². The van der Waals surface area contributed by atoms with Gasteiger partial charge in [0.15, 0.2) is 0 Å². The van der Waals surface area contributed by atoms with Gasteiger partial charge >= 0.3 is 5.97 Å². The summed E-state index contributed by atoms with van der Waals surface area (Å²) in [4.78, 5) is 25.7. The number of hydrogen-bond acceptors (Lipinski definition) is 3. The first kappa shape index (κ1) is 18.2. The van der Waals surface area contributed by atoms with Crippen LogP contribution in [-0.2, 0) is 20.7 Å². The van der Waals surface area contributed by atoms with Crippen LogP contribution in [-0.4, -0.2) is 36.5 Å². The zero-order chi connectivity index (χ0) is 16.4. The van der Waals surface area contributed by atoms with Gasteiger partial charge in [0.2, 0.25) is 5.91 Å². The van der Waals surface area contributed by atoms with Crippen LogP contribution in [0.1, 0.15) is 44.2 Å². The van der Waals surface area contributed by atoms with E-state index in [9.17, 15) is 9.59 Å². The third kappa shape index (κ3) is 6.74. The van der Waals surface area contributed by atoms with E-state index in [0.29, 0.717) is 26.1 Å². The van der Waals surface area contributed by atoms with Gasteiger partial charge in [-0.05, 0) is 25.8 Å². The van der Waals surface area contributed by atoms with E-state index in [4.69, 9.17) is 4.74 Å². The summed E-state index contributed by atoms with van der Waals surface area (Å²) >= 11 is 0. The average Bonchev–Trinajstić information content (AvgIpc) is 2.50. The predicted molar refractivity (Wildman–Crippen MR) is 87.6 cm³/mol. The van der Waals surface area contributed by atoms with E-state index in [1.807, 2.05) is 31.2 Å². The maximum atomic E-state index is 12.4. The Kier molecular flexibility index (Phi) is 8.26. The maximum Gasteiger partial charge on any atom is 0.307 e. The molecule has 0 heterocycles. The lowest BCUT2D eigenvalue weighted by atomic mass is 10.1. The lowest BCUT2D eigenvalue weighted by Gasteiger charge is -2.22. The van der Waals surface area contributed by atoms with Gasteiger partial charge in [0.25, 0.3) is 0 Å². The fourth-order valence-electron chi connectivity index (χ4n) is 2.16. The number of hydrogen-bond donors (Lipinski definition) is 0. The van der Waals surface area contributed by atoms with Crippen LogP contribution < -0.4 is 0 Å². The quantitative estimate of drug-likeness (QED) is 0.659. The van der Waals surface area contributed by atoms with Crippen molar-refractivity contribution >= 4 is 11.9 Å². The topological polar surface area (TPSA) is 46.6 Å². The lowest BCUT2D eigenvalue weighted by Crippen LogP contribution is -2.35. The molecule has 1 rings (SSSR count). The maximum absolute atomic E-state index is 12.4. The molecule has 1 amide bonds. The number of benzene rings is 1. The fraction of sp³-hybridized carbons (Fsp3) is 0.556. The second kappa shape index (κ2) is 9.98. The Labute approximate surface area is 133 Å². The fourth-order valence-corrected chi connectivity index (χ4v) is 2.16. The summed E-state index contributed by atoms with van der Waals surface area (Å²) in [5, 5.41) is 0. The molecule has 4 heteroatoms. The van der Waals surface area contributed by atoms with Crippen molar-refractivity contribution in [1.82, 2.24) is 4.90 Å². The largest absolute Gasteiger partial charge is 0.466 e. The lowest BCUT2D eigenvalue weighted by molar-refractivity contribution is -0.144. The summed E-state index contributed by atoms with van der Waals surface area (Å²) < 4.78 is 4.93. The van der Waals surface area contributed by atoms with Crippen molar-refractivity contribution in [1.29, 1.82) is 0 Å². The molecule has 0 fully saturated rings. The van der Waals surface area contributed by atoms with E-state index in [2.05, 4.69) is 6.92 Å². The summed E-state index contributed by atoms with van der Waals surface area (Å²) in [6.45, 7) is 7.41. The number of carbonyl (C=O) groups is 2. The normalized spacial score (nSPS) is 10.3. The molecule has 0 saturated heterocycles. The van der Waals surface area contributed by atoms with Crippen molar-refractivity contribution in [2.45, 2.75) is 46.5 Å². The second-order valence-electron chi connectivity index (χ2n) is 5.45. The number of unbranched alkanes of at least 4 members (excludes halogenated alkanes) is 1. The second-order valence-corrected chi connectivity index (χ2v) is 5.45. The van der Waals surface area contributed by atoms with Gasteiger partial charge in [0.05, 0.1) is 19.4 Å². The number of carbonyl (C=O) groups excluding carboxylic acids is 2. The first-order chi connectivity index (χ1) is 10.6. The molecule has 0 bridgehead atoms. The van der Waals surface area contributed by atoms with Crippen molar-refractivity contribution in [2.24, 2.45) is 0 Å². The molecule has 0 aliphatic rings. The zero-order valence-corrected chi connectivity index (χ0v) is 13.9. The van der Waals surface area contributed by atoms with Gasteiger partial charge in [-0.1, -0.05) is 43.2 Å². The van der Waals surface area contributed by atoms with E-state index >= 15 is 0 Å². The van der Waals surface area contributed by atoms with Crippen molar-refractivity contribution in [2.75, 3.05) is 19.7 Å². The smallest absolute Gasteiger partial charge is 0.307 e. The van der Waals surface area contributed by atoms with Gasteiger partial charge in [-0.15, -0.1) is 0 Å². The van der Waals surface area contributed by atoms with Crippen molar-refractivity contribution in [3.05, 3.63) is 35.4 Å². The van der Waals surface area contributed by atoms with Crippen LogP contribution in [0, 0.1) is 6.92 Å². The Hall–Kier alpha value is -1.84. The Morgan fingerprint density at radius 1 is 1.09 bits per heavy atom. The highest BCUT2D eigenvalue weighted by Crippen LogP contribution is 2.08. The molecule has 1 aromatic rings. The number of ether oxygens (including phenoxy) is 1. The van der Waals surface area contributed by atoms with Crippen molar-refractivity contribution < 1.29 is 14.3 Å². The number of nitrogens with zero attached hydrogens (tertiary/aromatic N) is 1. The van der Waals surface area contributed by atoms with E-state index in [1.54, 1.807) is 11.8 Å². The van der Waals surface area contributed by atoms with Crippen LogP contribution in [0.2, 0.25) is 0 Å². The Morgan fingerprint density at radius 3 is 2.36 bits per heavy atom. The van der Waals surface area contributed by atoms with Crippen LogP contribution in [0.3, 0.4) is 0 Å². The summed E-state index contributed by atoms with van der Waals surface area (Å²) in [6, 6.07) is 7.99. The number of rotatable bonds is 9. The van der Waals surface area contributed by atoms with Gasteiger partial charge in [0.1, 0.15) is 0 Å². The molecule has 0 aliphatic carbocycles. The molecule has 0 atom stereocenters. The summed E-state index contributed by atoms with van der Waals surface area (Å²) in [7, 11) is 0. The Balaban J connectivity index is 2.58. The molecule has 122 valence electrons. The van der Waals surface area contributed by atoms with Gasteiger partial charge in [-0.2, -0.15) is 0 Å². The van der Waals surface area contributed by atoms with Crippen molar-refractivity contribution in [3.8, 4) is 0 Å². The Bertz CT molecular complexity index is 468. The third-order valence-electron chi connectivity index (χ3n) is 3.50. The predicted octanol–water partition coefficient (Wildman–Crippen LogP) is 3.12. The average molecular weight is 305 g/mol. The minimum Gasteiger partial charge on any atom is -0.466 e. The minimum atomic E-state index is -0.243. The third-order valence-corrected chi connectivity index (χ3v) is 3.50. The van der Waals surface area contributed by atoms with E-state index in [1.165, 1.54) is 5.56 Å². The zero-order valence-electron chi connectivity index (χ0n) is 13.9. The standard InChI is InChI=1S/C18H27NO3/c1-4-6-12-19(13-11-18(21)22-5-2)17(20)14-16-9-7-15(3)8-10-16/h7-10H,4-6,11-14H2,1-3H3. The molecule has 0 aromatic heterocycles. The SMILES string of the molecule is CCCCN(CCC(=O)OCC)C(=O)Cc1ccc(C)cc1. The Morgan fingerprint density at radius 2 is 1.77 bits per heavy atom. The monoisotopic (exact) mass is 305 g/mol. The van der Waals surface area contributed by atoms with E-state index in [-0.39, 0.29) is 18.3 Å². The van der Waals surface area contributed by atoms with Gasteiger partial charge in [-0.3, -0.25) is 9.59 Å². The molecule has 0 saturated carbocycles. The number of aryl methyl sites for hydroxylation is 1. The summed E-state index contributed by atoms with van der Waals surface area (Å²) in [5.41, 5.74) is 2.19. The molecular weight excluding hydrogens is 278 g/mol. The number of amides is 1. The van der Waals surface area contributed by atoms with Crippen LogP contribution in [0.4, 0.5) is 0 Å². The highest BCUT2D eigenvalue weighted by molar-refractivity contribution is 5.79. The first-order valence-corrected chi connectivity index (χ1v) is 8.05. The molecule has 0 radical (unpaired) electrons. The summed E-state index contributed by atoms with van der Waals surface area (Å²) in [6.07, 6.45) is 2.61. The highest BCUT2D eigenvalue weighted by Gasteiger charge is 2.15. The van der Waals surface area contributed by atoms with Gasteiger partial charge in [-0.25, -0.2) is 0 Å². The van der Waals surface area contributed by atoms with Gasteiger partial charge < -0.3 is 9.64 Å². The van der Waals surface area contributed by atoms with E-state index in [0.717, 1.165) is 18.4 Å². The highest BCUT2D eigenvalue weighted by atomic mass is 16.5. The van der Waals surface area contributed by atoms with Crippen LogP contribution in [0.25, 0.3) is 0 Å². The molecule has 1 aromatic carbocycles. The molecule has 0 aliphatic heterocycles. The molecule has 22 heavy (non-hydrogen) atoms. The van der Waals surface area contributed by atoms with Gasteiger partial charge in [0, 0.05) is 13.1 Å². The van der Waals surface area contributed by atoms with Crippen LogP contribution >= 0.6 is 0 Å². The molecular formula is C18H27NO3. The van der Waals surface area contributed by atoms with Crippen LogP contribution in [0.5, 0.6) is 0 Å².